The Hall–Kier alpha value is -4.68. The number of carbonyl (C=O) groups is 3. The van der Waals surface area contributed by atoms with Crippen molar-refractivity contribution in [1.82, 2.24) is 30.1 Å². The number of rotatable bonds is 10. The molecule has 240 valence electrons. The molecule has 0 spiro atoms. The fourth-order valence-electron chi connectivity index (χ4n) is 6.32. The Bertz CT molecular complexity index is 1710. The monoisotopic (exact) mass is 640 g/mol. The van der Waals surface area contributed by atoms with Crippen molar-refractivity contribution in [3.8, 4) is 0 Å². The van der Waals surface area contributed by atoms with E-state index in [0.29, 0.717) is 37.6 Å². The quantitative estimate of drug-likeness (QED) is 0.270. The lowest BCUT2D eigenvalue weighted by Gasteiger charge is -2.46. The highest BCUT2D eigenvalue weighted by atomic mass is 32.1. The minimum atomic E-state index is -0.725. The molecule has 0 radical (unpaired) electrons. The fraction of sp³-hybridized carbons (Fsp3) is 0.353. The van der Waals surface area contributed by atoms with Crippen molar-refractivity contribution < 1.29 is 14.4 Å². The zero-order valence-corrected chi connectivity index (χ0v) is 27.2. The maximum absolute atomic E-state index is 14.3. The Labute approximate surface area is 273 Å². The van der Waals surface area contributed by atoms with Crippen LogP contribution in [-0.4, -0.2) is 88.6 Å². The van der Waals surface area contributed by atoms with Crippen LogP contribution in [0.1, 0.15) is 30.0 Å². The maximum Gasteiger partial charge on any atom is 0.332 e. The number of anilines is 2. The Morgan fingerprint density at radius 1 is 1.02 bits per heavy atom. The number of hydrazine groups is 1. The summed E-state index contributed by atoms with van der Waals surface area (Å²) in [7, 11) is 3.96. The number of amides is 4. The summed E-state index contributed by atoms with van der Waals surface area (Å²) in [5, 5.41) is 6.99. The number of hydrogen-bond acceptors (Lipinski definition) is 8. The highest BCUT2D eigenvalue weighted by Gasteiger charge is 2.52. The van der Waals surface area contributed by atoms with Crippen LogP contribution in [0.5, 0.6) is 0 Å². The zero-order chi connectivity index (χ0) is 32.4. The standard InChI is InChI=1S/C34H40N8O3S/c1-4-17-40(34(45)36-19-24-9-6-5-7-10-24)41-22-30(43)42-27(18-23-13-15-26(16-14-23)38(2)3)32(44)39(21-29(41)42)20-25-11-8-12-28-31(25)37-33(35)46-28/h5-16,27,29H,4,17-22H2,1-3H3,(H2,35,37)(H,36,45)/t27-,29+/m0/s1. The summed E-state index contributed by atoms with van der Waals surface area (Å²) < 4.78 is 0.959. The topological polar surface area (TPSA) is 118 Å². The fourth-order valence-corrected chi connectivity index (χ4v) is 7.11. The van der Waals surface area contributed by atoms with Crippen LogP contribution in [0, 0.1) is 0 Å². The molecule has 0 unspecified atom stereocenters. The number of nitrogens with zero attached hydrogens (tertiary/aromatic N) is 6. The summed E-state index contributed by atoms with van der Waals surface area (Å²) in [6.07, 6.45) is 0.555. The van der Waals surface area contributed by atoms with Gasteiger partial charge in [-0.3, -0.25) is 14.6 Å². The van der Waals surface area contributed by atoms with Crippen LogP contribution < -0.4 is 16.0 Å². The van der Waals surface area contributed by atoms with Gasteiger partial charge in [-0.15, -0.1) is 0 Å². The van der Waals surface area contributed by atoms with Crippen LogP contribution in [0.25, 0.3) is 10.2 Å². The first-order valence-corrected chi connectivity index (χ1v) is 16.4. The van der Waals surface area contributed by atoms with Crippen LogP contribution >= 0.6 is 11.3 Å². The minimum Gasteiger partial charge on any atom is -0.378 e. The van der Waals surface area contributed by atoms with E-state index in [1.807, 2.05) is 109 Å². The van der Waals surface area contributed by atoms with Crippen molar-refractivity contribution in [3.63, 3.8) is 0 Å². The molecule has 6 rings (SSSR count). The number of nitrogens with one attached hydrogen (secondary N) is 1. The molecule has 11 nitrogen and oxygen atoms in total. The molecule has 1 aromatic heterocycles. The number of nitrogens with two attached hydrogens (primary N) is 1. The Balaban J connectivity index is 1.31. The van der Waals surface area contributed by atoms with Gasteiger partial charge in [-0.05, 0) is 41.3 Å². The third-order valence-electron chi connectivity index (χ3n) is 8.60. The number of fused-ring (bicyclic) bond motifs is 2. The van der Waals surface area contributed by atoms with E-state index < -0.39 is 12.2 Å². The van der Waals surface area contributed by atoms with E-state index in [-0.39, 0.29) is 30.9 Å². The SMILES string of the molecule is CCCN(C(=O)NCc1ccccc1)N1CC(=O)N2[C@@H](Cc3ccc(N(C)C)cc3)C(=O)N(Cc3cccc4sc(N)nc34)C[C@@H]21. The largest absolute Gasteiger partial charge is 0.378 e. The lowest BCUT2D eigenvalue weighted by Crippen LogP contribution is -2.66. The Morgan fingerprint density at radius 2 is 1.78 bits per heavy atom. The molecule has 2 saturated heterocycles. The van der Waals surface area contributed by atoms with Gasteiger partial charge in [0.25, 0.3) is 0 Å². The van der Waals surface area contributed by atoms with Crippen LogP contribution in [0.3, 0.4) is 0 Å². The van der Waals surface area contributed by atoms with Crippen LogP contribution in [-0.2, 0) is 29.1 Å². The van der Waals surface area contributed by atoms with E-state index >= 15 is 0 Å². The molecule has 4 amide bonds. The van der Waals surface area contributed by atoms with Gasteiger partial charge in [-0.1, -0.05) is 72.9 Å². The number of carbonyl (C=O) groups excluding carboxylic acids is 3. The summed E-state index contributed by atoms with van der Waals surface area (Å²) in [6, 6.07) is 22.7. The van der Waals surface area contributed by atoms with Gasteiger partial charge in [-0.2, -0.15) is 5.01 Å². The van der Waals surface area contributed by atoms with E-state index in [0.717, 1.165) is 32.6 Å². The van der Waals surface area contributed by atoms with Crippen molar-refractivity contribution in [1.29, 1.82) is 0 Å². The maximum atomic E-state index is 14.3. The number of piperazine rings is 1. The van der Waals surface area contributed by atoms with Crippen LogP contribution in [0.2, 0.25) is 0 Å². The highest BCUT2D eigenvalue weighted by Crippen LogP contribution is 2.32. The molecule has 2 atom stereocenters. The second-order valence-electron chi connectivity index (χ2n) is 12.0. The van der Waals surface area contributed by atoms with E-state index in [4.69, 9.17) is 5.73 Å². The van der Waals surface area contributed by atoms with E-state index in [1.54, 1.807) is 9.91 Å². The molecule has 0 aliphatic carbocycles. The van der Waals surface area contributed by atoms with Crippen molar-refractivity contribution in [2.45, 2.75) is 45.1 Å². The number of urea groups is 1. The van der Waals surface area contributed by atoms with Crippen molar-refractivity contribution >= 4 is 50.2 Å². The molecule has 2 aliphatic heterocycles. The number of para-hydroxylation sites is 1. The highest BCUT2D eigenvalue weighted by molar-refractivity contribution is 7.22. The van der Waals surface area contributed by atoms with Gasteiger partial charge in [0, 0.05) is 45.8 Å². The van der Waals surface area contributed by atoms with Crippen molar-refractivity contribution in [2.75, 3.05) is 44.4 Å². The molecule has 2 aliphatic rings. The Kier molecular flexibility index (Phi) is 9.09. The smallest absolute Gasteiger partial charge is 0.332 e. The molecule has 3 aromatic carbocycles. The molecular formula is C34H40N8O3S. The molecule has 12 heteroatoms. The van der Waals surface area contributed by atoms with E-state index in [1.165, 1.54) is 11.3 Å². The Morgan fingerprint density at radius 3 is 2.50 bits per heavy atom. The number of hydrogen-bond donors (Lipinski definition) is 2. The predicted octanol–water partition coefficient (Wildman–Crippen LogP) is 3.91. The van der Waals surface area contributed by atoms with Gasteiger partial charge >= 0.3 is 6.03 Å². The van der Waals surface area contributed by atoms with Gasteiger partial charge < -0.3 is 25.8 Å². The average molecular weight is 641 g/mol. The first-order chi connectivity index (χ1) is 22.2. The number of thiazole rings is 1. The molecule has 0 saturated carbocycles. The lowest BCUT2D eigenvalue weighted by atomic mass is 9.99. The van der Waals surface area contributed by atoms with Gasteiger partial charge in [0.2, 0.25) is 11.8 Å². The summed E-state index contributed by atoms with van der Waals surface area (Å²) in [5.41, 5.74) is 10.7. The summed E-state index contributed by atoms with van der Waals surface area (Å²) in [5.74, 6) is -0.293. The van der Waals surface area contributed by atoms with E-state index in [9.17, 15) is 14.4 Å². The molecule has 0 bridgehead atoms. The van der Waals surface area contributed by atoms with E-state index in [2.05, 4.69) is 10.3 Å². The predicted molar refractivity (Wildman–Crippen MR) is 181 cm³/mol. The van der Waals surface area contributed by atoms with Crippen LogP contribution in [0.4, 0.5) is 15.6 Å². The number of aromatic nitrogens is 1. The second-order valence-corrected chi connectivity index (χ2v) is 13.0. The second kappa shape index (κ2) is 13.4. The summed E-state index contributed by atoms with van der Waals surface area (Å²) >= 11 is 1.41. The number of nitrogen functional groups attached to an aromatic ring is 1. The molecule has 2 fully saturated rings. The first kappa shape index (κ1) is 31.3. The van der Waals surface area contributed by atoms with Gasteiger partial charge in [0.05, 0.1) is 23.3 Å². The molecular weight excluding hydrogens is 600 g/mol. The minimum absolute atomic E-state index is 0.0127. The third kappa shape index (κ3) is 6.35. The van der Waals surface area contributed by atoms with Gasteiger partial charge in [-0.25, -0.2) is 9.78 Å². The molecule has 46 heavy (non-hydrogen) atoms. The first-order valence-electron chi connectivity index (χ1n) is 15.6. The lowest BCUT2D eigenvalue weighted by molar-refractivity contribution is -0.157. The third-order valence-corrected chi connectivity index (χ3v) is 9.44. The van der Waals surface area contributed by atoms with Gasteiger partial charge in [0.1, 0.15) is 12.2 Å². The normalized spacial score (nSPS) is 18.2. The van der Waals surface area contributed by atoms with Crippen molar-refractivity contribution in [2.24, 2.45) is 0 Å². The van der Waals surface area contributed by atoms with Gasteiger partial charge in [0.15, 0.2) is 5.13 Å². The summed E-state index contributed by atoms with van der Waals surface area (Å²) in [4.78, 5) is 51.8. The molecule has 3 heterocycles. The average Bonchev–Trinajstić information content (AvgIpc) is 3.60. The number of benzene rings is 3. The zero-order valence-electron chi connectivity index (χ0n) is 26.4. The summed E-state index contributed by atoms with van der Waals surface area (Å²) in [6.45, 7) is 3.38. The molecule has 3 N–H and O–H groups in total. The van der Waals surface area contributed by atoms with Crippen molar-refractivity contribution in [3.05, 3.63) is 89.5 Å². The van der Waals surface area contributed by atoms with Crippen LogP contribution in [0.15, 0.2) is 72.8 Å². The molecule has 4 aromatic rings.